The fourth-order valence-corrected chi connectivity index (χ4v) is 4.52. The number of pyridine rings is 1. The van der Waals surface area contributed by atoms with Crippen LogP contribution in [-0.4, -0.2) is 33.3 Å². The molecule has 1 atom stereocenters. The molecule has 0 unspecified atom stereocenters. The molecule has 2 heterocycles. The number of nitrogens with zero attached hydrogens (tertiary/aromatic N) is 2. The topological polar surface area (TPSA) is 33.2 Å². The lowest BCUT2D eigenvalue weighted by molar-refractivity contribution is 0.451. The number of hydrogen-bond acceptors (Lipinski definition) is 3. The van der Waals surface area contributed by atoms with Gasteiger partial charge in [0.1, 0.15) is 5.15 Å². The molecule has 0 radical (unpaired) electrons. The number of fused-ring (bicyclic) bond motifs is 1. The third kappa shape index (κ3) is 3.45. The van der Waals surface area contributed by atoms with Crippen LogP contribution in [0, 0.1) is 5.92 Å². The Morgan fingerprint density at radius 2 is 1.96 bits per heavy atom. The molecule has 5 heteroatoms. The van der Waals surface area contributed by atoms with Gasteiger partial charge in [-0.1, -0.05) is 45.4 Å². The van der Waals surface area contributed by atoms with E-state index in [-0.39, 0.29) is 5.25 Å². The van der Waals surface area contributed by atoms with Gasteiger partial charge >= 0.3 is 0 Å². The van der Waals surface area contributed by atoms with Crippen LogP contribution < -0.4 is 4.90 Å². The standard InChI is InChI=1S/C19H25ClN2OS/c1-12(2)15-5-6-18(17-8-21-19(20)7-16(15)17)22-9-14(10-22)11-24(23)13(3)4/h5-8,12-14H,9-11H2,1-4H3/t24-/m0/s1. The molecule has 0 amide bonds. The van der Waals surface area contributed by atoms with Crippen molar-refractivity contribution in [1.29, 1.82) is 0 Å². The zero-order valence-corrected chi connectivity index (χ0v) is 16.3. The molecule has 1 aliphatic heterocycles. The molecule has 0 bridgehead atoms. The molecule has 3 nitrogen and oxygen atoms in total. The molecule has 1 saturated heterocycles. The number of halogens is 1. The summed E-state index contributed by atoms with van der Waals surface area (Å²) in [5.41, 5.74) is 2.51. The van der Waals surface area contributed by atoms with E-state index in [0.29, 0.717) is 17.0 Å². The number of anilines is 1. The third-order valence-corrected chi connectivity index (χ3v) is 6.78. The molecule has 0 N–H and O–H groups in total. The summed E-state index contributed by atoms with van der Waals surface area (Å²) in [6.07, 6.45) is 1.89. The largest absolute Gasteiger partial charge is 0.370 e. The van der Waals surface area contributed by atoms with Gasteiger partial charge in [0.15, 0.2) is 0 Å². The molecule has 1 aromatic heterocycles. The maximum Gasteiger partial charge on any atom is 0.129 e. The van der Waals surface area contributed by atoms with Crippen LogP contribution in [0.2, 0.25) is 5.15 Å². The van der Waals surface area contributed by atoms with Crippen molar-refractivity contribution in [3.8, 4) is 0 Å². The lowest BCUT2D eigenvalue weighted by Gasteiger charge is -2.41. The first-order valence-corrected chi connectivity index (χ1v) is 10.3. The predicted octanol–water partition coefficient (Wildman–Crippen LogP) is 4.60. The van der Waals surface area contributed by atoms with E-state index in [0.717, 1.165) is 24.2 Å². The smallest absolute Gasteiger partial charge is 0.129 e. The summed E-state index contributed by atoms with van der Waals surface area (Å²) >= 11 is 6.13. The van der Waals surface area contributed by atoms with E-state index in [1.54, 1.807) is 0 Å². The maximum absolute atomic E-state index is 12.0. The molecule has 1 fully saturated rings. The van der Waals surface area contributed by atoms with Crippen LogP contribution in [0.3, 0.4) is 0 Å². The van der Waals surface area contributed by atoms with Crippen molar-refractivity contribution >= 4 is 38.9 Å². The van der Waals surface area contributed by atoms with Gasteiger partial charge in [-0.3, -0.25) is 4.21 Å². The van der Waals surface area contributed by atoms with Gasteiger partial charge in [-0.2, -0.15) is 0 Å². The highest BCUT2D eigenvalue weighted by molar-refractivity contribution is 7.85. The fourth-order valence-electron chi connectivity index (χ4n) is 3.30. The van der Waals surface area contributed by atoms with Crippen LogP contribution in [-0.2, 0) is 10.8 Å². The highest BCUT2D eigenvalue weighted by Gasteiger charge is 2.30. The summed E-state index contributed by atoms with van der Waals surface area (Å²) < 4.78 is 12.0. The Balaban J connectivity index is 1.85. The van der Waals surface area contributed by atoms with Crippen LogP contribution in [0.5, 0.6) is 0 Å². The van der Waals surface area contributed by atoms with Gasteiger partial charge in [-0.15, -0.1) is 0 Å². The van der Waals surface area contributed by atoms with Crippen LogP contribution in [0.15, 0.2) is 24.4 Å². The van der Waals surface area contributed by atoms with Gasteiger partial charge in [0, 0.05) is 58.1 Å². The van der Waals surface area contributed by atoms with Gasteiger partial charge in [-0.25, -0.2) is 4.98 Å². The highest BCUT2D eigenvalue weighted by atomic mass is 35.5. The molecule has 1 aromatic carbocycles. The van der Waals surface area contributed by atoms with Gasteiger partial charge in [0.05, 0.1) is 0 Å². The van der Waals surface area contributed by atoms with Gasteiger partial charge in [-0.05, 0) is 29.0 Å². The predicted molar refractivity (Wildman–Crippen MR) is 105 cm³/mol. The monoisotopic (exact) mass is 364 g/mol. The molecule has 3 rings (SSSR count). The minimum absolute atomic E-state index is 0.247. The van der Waals surface area contributed by atoms with Crippen LogP contribution in [0.4, 0.5) is 5.69 Å². The maximum atomic E-state index is 12.0. The van der Waals surface area contributed by atoms with E-state index in [1.165, 1.54) is 16.6 Å². The number of benzene rings is 1. The Morgan fingerprint density at radius 3 is 2.58 bits per heavy atom. The minimum atomic E-state index is -0.718. The second-order valence-corrected chi connectivity index (χ2v) is 9.67. The van der Waals surface area contributed by atoms with Crippen molar-refractivity contribution in [2.75, 3.05) is 23.7 Å². The van der Waals surface area contributed by atoms with Crippen LogP contribution >= 0.6 is 11.6 Å². The molecule has 0 aliphatic carbocycles. The van der Waals surface area contributed by atoms with Gasteiger partial charge in [0.2, 0.25) is 0 Å². The van der Waals surface area contributed by atoms with Crippen molar-refractivity contribution in [2.24, 2.45) is 5.92 Å². The quantitative estimate of drug-likeness (QED) is 0.726. The first-order valence-electron chi connectivity index (χ1n) is 8.57. The van der Waals surface area contributed by atoms with Crippen molar-refractivity contribution in [1.82, 2.24) is 4.98 Å². The zero-order valence-electron chi connectivity index (χ0n) is 14.8. The lowest BCUT2D eigenvalue weighted by atomic mass is 9.94. The Bertz CT molecular complexity index is 769. The van der Waals surface area contributed by atoms with E-state index in [4.69, 9.17) is 11.6 Å². The normalized spacial score (nSPS) is 16.9. The molecular formula is C19H25ClN2OS. The Labute approximate surface area is 151 Å². The molecule has 130 valence electrons. The van der Waals surface area contributed by atoms with Gasteiger partial charge in [0.25, 0.3) is 0 Å². The van der Waals surface area contributed by atoms with Crippen LogP contribution in [0.25, 0.3) is 10.8 Å². The average Bonchev–Trinajstić information content (AvgIpc) is 2.48. The summed E-state index contributed by atoms with van der Waals surface area (Å²) in [5.74, 6) is 1.77. The molecule has 1 aliphatic rings. The number of hydrogen-bond donors (Lipinski definition) is 0. The van der Waals surface area contributed by atoms with E-state index < -0.39 is 10.8 Å². The fraction of sp³-hybridized carbons (Fsp3) is 0.526. The zero-order chi connectivity index (χ0) is 17.4. The highest BCUT2D eigenvalue weighted by Crippen LogP contribution is 2.36. The van der Waals surface area contributed by atoms with Crippen molar-refractivity contribution in [3.63, 3.8) is 0 Å². The Hall–Kier alpha value is -1.13. The van der Waals surface area contributed by atoms with Crippen LogP contribution in [0.1, 0.15) is 39.2 Å². The average molecular weight is 365 g/mol. The molecule has 24 heavy (non-hydrogen) atoms. The first-order chi connectivity index (χ1) is 11.4. The lowest BCUT2D eigenvalue weighted by Crippen LogP contribution is -2.49. The summed E-state index contributed by atoms with van der Waals surface area (Å²) in [4.78, 5) is 6.66. The third-order valence-electron chi connectivity index (χ3n) is 4.72. The van der Waals surface area contributed by atoms with Crippen molar-refractivity contribution < 1.29 is 4.21 Å². The van der Waals surface area contributed by atoms with Crippen molar-refractivity contribution in [2.45, 2.75) is 38.9 Å². The summed E-state index contributed by atoms with van der Waals surface area (Å²) in [6, 6.07) is 6.38. The number of rotatable bonds is 5. The first kappa shape index (κ1) is 17.7. The van der Waals surface area contributed by atoms with E-state index in [2.05, 4.69) is 35.9 Å². The SMILES string of the molecule is CC(C)c1ccc(N2CC(C[S@](=O)C(C)C)C2)c2cnc(Cl)cc12. The second-order valence-electron chi connectivity index (χ2n) is 7.25. The summed E-state index contributed by atoms with van der Waals surface area (Å²) in [6.45, 7) is 10.4. The van der Waals surface area contributed by atoms with Gasteiger partial charge < -0.3 is 4.90 Å². The summed E-state index contributed by atoms with van der Waals surface area (Å²) in [7, 11) is -0.718. The van der Waals surface area contributed by atoms with E-state index in [9.17, 15) is 4.21 Å². The number of aromatic nitrogens is 1. The summed E-state index contributed by atoms with van der Waals surface area (Å²) in [5, 5.41) is 3.14. The van der Waals surface area contributed by atoms with E-state index in [1.807, 2.05) is 26.1 Å². The Kier molecular flexibility index (Phi) is 5.16. The minimum Gasteiger partial charge on any atom is -0.370 e. The van der Waals surface area contributed by atoms with Crippen molar-refractivity contribution in [3.05, 3.63) is 35.1 Å². The van der Waals surface area contributed by atoms with E-state index >= 15 is 0 Å². The molecule has 0 spiro atoms. The molecular weight excluding hydrogens is 340 g/mol. The Morgan fingerprint density at radius 1 is 1.25 bits per heavy atom. The molecule has 0 saturated carbocycles. The second kappa shape index (κ2) is 7.01. The molecule has 2 aromatic rings.